The SMILES string of the molecule is CCOC(=O)c1ccc(OCC(=O)NNC(=S)NC(=O)CCCOc2ccc(Cl)cc2Cl)cc1. The molecule has 2 aromatic rings. The predicted octanol–water partition coefficient (Wildman–Crippen LogP) is 3.43. The maximum Gasteiger partial charge on any atom is 0.338 e. The highest BCUT2D eigenvalue weighted by atomic mass is 35.5. The molecule has 0 unspecified atom stereocenters. The Balaban J connectivity index is 1.60. The molecule has 0 atom stereocenters. The van der Waals surface area contributed by atoms with Gasteiger partial charge >= 0.3 is 5.97 Å². The fraction of sp³-hybridized carbons (Fsp3) is 0.273. The maximum atomic E-state index is 11.9. The van der Waals surface area contributed by atoms with Gasteiger partial charge in [0.15, 0.2) is 11.7 Å². The number of amides is 2. The lowest BCUT2D eigenvalue weighted by Crippen LogP contribution is -2.49. The first-order chi connectivity index (χ1) is 16.3. The van der Waals surface area contributed by atoms with Crippen molar-refractivity contribution in [2.45, 2.75) is 19.8 Å². The van der Waals surface area contributed by atoms with Gasteiger partial charge in [-0.1, -0.05) is 23.2 Å². The number of nitrogens with one attached hydrogen (secondary N) is 3. The first-order valence-electron chi connectivity index (χ1n) is 10.1. The van der Waals surface area contributed by atoms with Gasteiger partial charge in [0, 0.05) is 11.4 Å². The molecule has 0 saturated heterocycles. The first-order valence-corrected chi connectivity index (χ1v) is 11.3. The molecule has 182 valence electrons. The quantitative estimate of drug-likeness (QED) is 0.186. The van der Waals surface area contributed by atoms with Gasteiger partial charge in [-0.15, -0.1) is 0 Å². The Bertz CT molecular complexity index is 1020. The summed E-state index contributed by atoms with van der Waals surface area (Å²) >= 11 is 16.8. The molecular formula is C22H23Cl2N3O6S. The number of esters is 1. The van der Waals surface area contributed by atoms with Gasteiger partial charge in [0.2, 0.25) is 5.91 Å². The molecule has 2 rings (SSSR count). The summed E-state index contributed by atoms with van der Waals surface area (Å²) in [5, 5.41) is 3.25. The Hall–Kier alpha value is -3.08. The van der Waals surface area contributed by atoms with Gasteiger partial charge < -0.3 is 19.5 Å². The Morgan fingerprint density at radius 1 is 0.971 bits per heavy atom. The largest absolute Gasteiger partial charge is 0.492 e. The van der Waals surface area contributed by atoms with Crippen LogP contribution in [-0.4, -0.2) is 42.7 Å². The van der Waals surface area contributed by atoms with Crippen molar-refractivity contribution in [1.29, 1.82) is 0 Å². The average molecular weight is 528 g/mol. The number of carbonyl (C=O) groups is 3. The summed E-state index contributed by atoms with van der Waals surface area (Å²) in [6.07, 6.45) is 0.564. The van der Waals surface area contributed by atoms with Crippen LogP contribution < -0.4 is 25.6 Å². The summed E-state index contributed by atoms with van der Waals surface area (Å²) < 4.78 is 15.7. The fourth-order valence-electron chi connectivity index (χ4n) is 2.44. The average Bonchev–Trinajstić information content (AvgIpc) is 2.80. The van der Waals surface area contributed by atoms with Gasteiger partial charge in [-0.25, -0.2) is 4.79 Å². The van der Waals surface area contributed by atoms with Crippen LogP contribution in [0, 0.1) is 0 Å². The molecule has 0 bridgehead atoms. The van der Waals surface area contributed by atoms with Gasteiger partial charge in [-0.2, -0.15) is 0 Å². The van der Waals surface area contributed by atoms with Crippen molar-refractivity contribution in [3.63, 3.8) is 0 Å². The number of halogens is 2. The van der Waals surface area contributed by atoms with Crippen LogP contribution in [0.25, 0.3) is 0 Å². The minimum Gasteiger partial charge on any atom is -0.492 e. The second-order valence-electron chi connectivity index (χ2n) is 6.61. The minimum atomic E-state index is -0.528. The lowest BCUT2D eigenvalue weighted by Gasteiger charge is -2.12. The van der Waals surface area contributed by atoms with E-state index in [4.69, 9.17) is 49.6 Å². The maximum absolute atomic E-state index is 11.9. The summed E-state index contributed by atoms with van der Waals surface area (Å²) in [7, 11) is 0. The summed E-state index contributed by atoms with van der Waals surface area (Å²) in [6.45, 7) is 1.95. The van der Waals surface area contributed by atoms with Crippen LogP contribution in [0.4, 0.5) is 0 Å². The van der Waals surface area contributed by atoms with E-state index in [1.54, 1.807) is 37.3 Å². The molecule has 0 aliphatic carbocycles. The van der Waals surface area contributed by atoms with Crippen LogP contribution in [0.1, 0.15) is 30.1 Å². The van der Waals surface area contributed by atoms with Gasteiger partial charge in [-0.05, 0) is 68.0 Å². The molecule has 0 radical (unpaired) electrons. The summed E-state index contributed by atoms with van der Waals surface area (Å²) in [5.41, 5.74) is 5.10. The zero-order valence-electron chi connectivity index (χ0n) is 18.2. The van der Waals surface area contributed by atoms with Crippen molar-refractivity contribution in [2.24, 2.45) is 0 Å². The van der Waals surface area contributed by atoms with E-state index in [2.05, 4.69) is 16.2 Å². The summed E-state index contributed by atoms with van der Waals surface area (Å²) in [5.74, 6) is -0.454. The monoisotopic (exact) mass is 527 g/mol. The molecule has 2 aromatic carbocycles. The van der Waals surface area contributed by atoms with Gasteiger partial charge in [0.25, 0.3) is 5.91 Å². The number of carbonyl (C=O) groups excluding carboxylic acids is 3. The van der Waals surface area contributed by atoms with E-state index < -0.39 is 11.9 Å². The first kappa shape index (κ1) is 27.2. The molecule has 0 aliphatic heterocycles. The van der Waals surface area contributed by atoms with Crippen molar-refractivity contribution in [1.82, 2.24) is 16.2 Å². The lowest BCUT2D eigenvalue weighted by molar-refractivity contribution is -0.124. The molecule has 2 amide bonds. The predicted molar refractivity (Wildman–Crippen MR) is 131 cm³/mol. The number of ether oxygens (including phenoxy) is 3. The molecule has 0 heterocycles. The van der Waals surface area contributed by atoms with Crippen LogP contribution in [-0.2, 0) is 14.3 Å². The zero-order valence-corrected chi connectivity index (χ0v) is 20.5. The molecule has 0 fully saturated rings. The van der Waals surface area contributed by atoms with Gasteiger partial charge in [0.05, 0.1) is 23.8 Å². The van der Waals surface area contributed by atoms with Crippen LogP contribution >= 0.6 is 35.4 Å². The highest BCUT2D eigenvalue weighted by molar-refractivity contribution is 7.80. The van der Waals surface area contributed by atoms with Crippen molar-refractivity contribution < 1.29 is 28.6 Å². The van der Waals surface area contributed by atoms with Crippen molar-refractivity contribution >= 4 is 58.3 Å². The molecule has 9 nitrogen and oxygen atoms in total. The highest BCUT2D eigenvalue weighted by Gasteiger charge is 2.09. The Kier molecular flexibility index (Phi) is 11.4. The van der Waals surface area contributed by atoms with E-state index in [1.165, 1.54) is 12.1 Å². The third-order valence-electron chi connectivity index (χ3n) is 4.00. The number of rotatable bonds is 10. The molecule has 0 aliphatic rings. The third kappa shape index (κ3) is 9.82. The zero-order chi connectivity index (χ0) is 24.9. The number of hydrogen-bond acceptors (Lipinski definition) is 7. The highest BCUT2D eigenvalue weighted by Crippen LogP contribution is 2.27. The van der Waals surface area contributed by atoms with Crippen molar-refractivity contribution in [3.8, 4) is 11.5 Å². The second-order valence-corrected chi connectivity index (χ2v) is 7.86. The third-order valence-corrected chi connectivity index (χ3v) is 4.74. The van der Waals surface area contributed by atoms with Crippen molar-refractivity contribution in [3.05, 3.63) is 58.1 Å². The van der Waals surface area contributed by atoms with E-state index in [1.807, 2.05) is 0 Å². The van der Waals surface area contributed by atoms with E-state index in [0.717, 1.165) is 0 Å². The van der Waals surface area contributed by atoms with E-state index >= 15 is 0 Å². The van der Waals surface area contributed by atoms with Crippen LogP contribution in [0.15, 0.2) is 42.5 Å². The molecule has 3 N–H and O–H groups in total. The molecule has 12 heteroatoms. The lowest BCUT2D eigenvalue weighted by atomic mass is 10.2. The van der Waals surface area contributed by atoms with E-state index in [0.29, 0.717) is 33.5 Å². The van der Waals surface area contributed by atoms with Crippen LogP contribution in [0.5, 0.6) is 11.5 Å². The van der Waals surface area contributed by atoms with E-state index in [9.17, 15) is 14.4 Å². The Labute approximate surface area is 212 Å². The minimum absolute atomic E-state index is 0.0706. The normalized spacial score (nSPS) is 10.1. The number of hydrazine groups is 1. The summed E-state index contributed by atoms with van der Waals surface area (Å²) in [4.78, 5) is 35.4. The second kappa shape index (κ2) is 14.2. The van der Waals surface area contributed by atoms with Crippen molar-refractivity contribution in [2.75, 3.05) is 19.8 Å². The Morgan fingerprint density at radius 3 is 2.38 bits per heavy atom. The van der Waals surface area contributed by atoms with Gasteiger partial charge in [0.1, 0.15) is 11.5 Å². The van der Waals surface area contributed by atoms with E-state index in [-0.39, 0.29) is 37.3 Å². The number of hydrogen-bond donors (Lipinski definition) is 3. The molecule has 0 aromatic heterocycles. The summed E-state index contributed by atoms with van der Waals surface area (Å²) in [6, 6.07) is 11.0. The van der Waals surface area contributed by atoms with Crippen LogP contribution in [0.2, 0.25) is 10.0 Å². The standard InChI is InChI=1S/C22H23Cl2N3O6S/c1-2-31-21(30)14-5-8-16(9-6-14)33-13-20(29)26-27-22(34)25-19(28)4-3-11-32-18-10-7-15(23)12-17(18)24/h5-10,12H,2-4,11,13H2,1H3,(H,26,29)(H2,25,27,28,34). The smallest absolute Gasteiger partial charge is 0.338 e. The fourth-order valence-corrected chi connectivity index (χ4v) is 3.07. The molecule has 0 spiro atoms. The molecular weight excluding hydrogens is 505 g/mol. The Morgan fingerprint density at radius 2 is 1.71 bits per heavy atom. The molecule has 34 heavy (non-hydrogen) atoms. The number of thiocarbonyl (C=S) groups is 1. The van der Waals surface area contributed by atoms with Gasteiger partial charge in [-0.3, -0.25) is 20.4 Å². The number of benzene rings is 2. The molecule has 0 saturated carbocycles. The topological polar surface area (TPSA) is 115 Å². The van der Waals surface area contributed by atoms with Crippen LogP contribution in [0.3, 0.4) is 0 Å².